The van der Waals surface area contributed by atoms with Gasteiger partial charge in [-0.3, -0.25) is 4.79 Å². The Bertz CT molecular complexity index is 833. The molecule has 1 heterocycles. The van der Waals surface area contributed by atoms with Gasteiger partial charge >= 0.3 is 0 Å². The quantitative estimate of drug-likeness (QED) is 0.893. The molecule has 0 aliphatic carbocycles. The molecule has 1 unspecified atom stereocenters. The normalized spacial score (nSPS) is 18.2. The third-order valence-corrected chi connectivity index (χ3v) is 6.45. The number of carbonyl (C=O) groups is 1. The first kappa shape index (κ1) is 17.6. The Kier molecular flexibility index (Phi) is 5.20. The minimum Gasteiger partial charge on any atom is -0.350 e. The fourth-order valence-corrected chi connectivity index (χ4v) is 4.79. The first-order chi connectivity index (χ1) is 12.0. The fraction of sp³-hybridized carbons (Fsp3) is 0.316. The highest BCUT2D eigenvalue weighted by Gasteiger charge is 2.35. The summed E-state index contributed by atoms with van der Waals surface area (Å²) < 4.78 is 27.1. The summed E-state index contributed by atoms with van der Waals surface area (Å²) in [6.07, 6.45) is 1.55. The van der Waals surface area contributed by atoms with Crippen molar-refractivity contribution in [2.45, 2.75) is 30.7 Å². The summed E-state index contributed by atoms with van der Waals surface area (Å²) in [5.41, 5.74) is 1.67. The number of hydrogen-bond donors (Lipinski definition) is 1. The van der Waals surface area contributed by atoms with Crippen molar-refractivity contribution in [1.82, 2.24) is 9.62 Å². The van der Waals surface area contributed by atoms with Crippen molar-refractivity contribution < 1.29 is 13.2 Å². The molecule has 3 rings (SSSR count). The zero-order chi connectivity index (χ0) is 17.9. The Balaban J connectivity index is 1.68. The van der Waals surface area contributed by atoms with E-state index in [0.717, 1.165) is 18.4 Å². The van der Waals surface area contributed by atoms with E-state index < -0.39 is 10.0 Å². The molecule has 0 aromatic heterocycles. The van der Waals surface area contributed by atoms with Crippen LogP contribution in [0.5, 0.6) is 0 Å². The minimum absolute atomic E-state index is 0.177. The molecule has 0 bridgehead atoms. The topological polar surface area (TPSA) is 66.5 Å². The molecule has 2 aromatic rings. The summed E-state index contributed by atoms with van der Waals surface area (Å²) in [5, 5.41) is 2.87. The third kappa shape index (κ3) is 3.91. The minimum atomic E-state index is -3.52. The molecule has 6 heteroatoms. The Morgan fingerprint density at radius 1 is 1.12 bits per heavy atom. The molecule has 0 radical (unpaired) electrons. The van der Waals surface area contributed by atoms with Crippen LogP contribution in [-0.2, 0) is 10.0 Å². The van der Waals surface area contributed by atoms with E-state index in [0.29, 0.717) is 23.5 Å². The van der Waals surface area contributed by atoms with Gasteiger partial charge in [0.05, 0.1) is 4.90 Å². The van der Waals surface area contributed by atoms with E-state index in [4.69, 9.17) is 0 Å². The summed E-state index contributed by atoms with van der Waals surface area (Å²) >= 11 is 0. The SMILES string of the molecule is Cc1ccc(C(=O)NCC2CCCN2S(=O)(=O)c2ccccc2)cc1. The van der Waals surface area contributed by atoms with Gasteiger partial charge in [-0.25, -0.2) is 8.42 Å². The van der Waals surface area contributed by atoms with Crippen molar-refractivity contribution in [1.29, 1.82) is 0 Å². The van der Waals surface area contributed by atoms with Crippen LogP contribution < -0.4 is 5.32 Å². The molecule has 0 spiro atoms. The molecular formula is C19H22N2O3S. The van der Waals surface area contributed by atoms with Crippen molar-refractivity contribution in [3.05, 3.63) is 65.7 Å². The second-order valence-electron chi connectivity index (χ2n) is 6.30. The van der Waals surface area contributed by atoms with Crippen molar-refractivity contribution in [2.75, 3.05) is 13.1 Å². The first-order valence-corrected chi connectivity index (χ1v) is 9.84. The van der Waals surface area contributed by atoms with E-state index in [-0.39, 0.29) is 11.9 Å². The molecule has 5 nitrogen and oxygen atoms in total. The first-order valence-electron chi connectivity index (χ1n) is 8.40. The van der Waals surface area contributed by atoms with Crippen molar-refractivity contribution in [3.8, 4) is 0 Å². The van der Waals surface area contributed by atoms with E-state index >= 15 is 0 Å². The molecule has 1 N–H and O–H groups in total. The van der Waals surface area contributed by atoms with Crippen molar-refractivity contribution in [3.63, 3.8) is 0 Å². The van der Waals surface area contributed by atoms with E-state index in [9.17, 15) is 13.2 Å². The van der Waals surface area contributed by atoms with Gasteiger partial charge < -0.3 is 5.32 Å². The van der Waals surface area contributed by atoms with Crippen LogP contribution in [0.1, 0.15) is 28.8 Å². The third-order valence-electron chi connectivity index (χ3n) is 4.48. The molecule has 132 valence electrons. The van der Waals surface area contributed by atoms with Crippen LogP contribution in [-0.4, -0.2) is 37.8 Å². The van der Waals surface area contributed by atoms with Gasteiger partial charge in [0.25, 0.3) is 5.91 Å². The lowest BCUT2D eigenvalue weighted by molar-refractivity contribution is 0.0946. The number of hydrogen-bond acceptors (Lipinski definition) is 3. The maximum Gasteiger partial charge on any atom is 0.251 e. The van der Waals surface area contributed by atoms with Crippen molar-refractivity contribution in [2.24, 2.45) is 0 Å². The highest BCUT2D eigenvalue weighted by molar-refractivity contribution is 7.89. The highest BCUT2D eigenvalue weighted by Crippen LogP contribution is 2.25. The lowest BCUT2D eigenvalue weighted by atomic mass is 10.1. The lowest BCUT2D eigenvalue weighted by Gasteiger charge is -2.24. The zero-order valence-corrected chi connectivity index (χ0v) is 15.0. The Labute approximate surface area is 148 Å². The average molecular weight is 358 g/mol. The molecule has 1 aliphatic heterocycles. The van der Waals surface area contributed by atoms with Crippen LogP contribution >= 0.6 is 0 Å². The lowest BCUT2D eigenvalue weighted by Crippen LogP contribution is -2.43. The van der Waals surface area contributed by atoms with Crippen LogP contribution in [0, 0.1) is 6.92 Å². The number of benzene rings is 2. The van der Waals surface area contributed by atoms with Crippen LogP contribution in [0.15, 0.2) is 59.5 Å². The number of sulfonamides is 1. The zero-order valence-electron chi connectivity index (χ0n) is 14.2. The highest BCUT2D eigenvalue weighted by atomic mass is 32.2. The second-order valence-corrected chi connectivity index (χ2v) is 8.19. The predicted octanol–water partition coefficient (Wildman–Crippen LogP) is 2.58. The van der Waals surface area contributed by atoms with Crippen LogP contribution in [0.4, 0.5) is 0 Å². The summed E-state index contributed by atoms with van der Waals surface area (Å²) in [6, 6.07) is 15.6. The summed E-state index contributed by atoms with van der Waals surface area (Å²) in [5.74, 6) is -0.177. The summed E-state index contributed by atoms with van der Waals surface area (Å²) in [7, 11) is -3.52. The molecule has 1 atom stereocenters. The number of amides is 1. The van der Waals surface area contributed by atoms with E-state index in [1.165, 1.54) is 4.31 Å². The van der Waals surface area contributed by atoms with Gasteiger partial charge in [-0.05, 0) is 44.0 Å². The van der Waals surface area contributed by atoms with Gasteiger partial charge in [-0.2, -0.15) is 4.31 Å². The maximum atomic E-state index is 12.8. The van der Waals surface area contributed by atoms with E-state index in [1.807, 2.05) is 19.1 Å². The van der Waals surface area contributed by atoms with E-state index in [2.05, 4.69) is 5.32 Å². The number of nitrogens with one attached hydrogen (secondary N) is 1. The fourth-order valence-electron chi connectivity index (χ4n) is 3.07. The molecule has 0 saturated carbocycles. The van der Waals surface area contributed by atoms with Gasteiger partial charge in [0.15, 0.2) is 0 Å². The van der Waals surface area contributed by atoms with Crippen LogP contribution in [0.25, 0.3) is 0 Å². The Hall–Kier alpha value is -2.18. The largest absolute Gasteiger partial charge is 0.350 e. The number of rotatable bonds is 5. The van der Waals surface area contributed by atoms with Gasteiger partial charge in [0, 0.05) is 24.7 Å². The number of carbonyl (C=O) groups excluding carboxylic acids is 1. The van der Waals surface area contributed by atoms with Gasteiger partial charge in [0.2, 0.25) is 10.0 Å². The second kappa shape index (κ2) is 7.37. The molecule has 1 fully saturated rings. The molecule has 1 aliphatic rings. The molecule has 25 heavy (non-hydrogen) atoms. The summed E-state index contributed by atoms with van der Waals surface area (Å²) in [6.45, 7) is 2.77. The number of aryl methyl sites for hydroxylation is 1. The van der Waals surface area contributed by atoms with Gasteiger partial charge in [-0.1, -0.05) is 35.9 Å². The van der Waals surface area contributed by atoms with Gasteiger partial charge in [0.1, 0.15) is 0 Å². The van der Waals surface area contributed by atoms with E-state index in [1.54, 1.807) is 42.5 Å². The monoisotopic (exact) mass is 358 g/mol. The molecular weight excluding hydrogens is 336 g/mol. The average Bonchev–Trinajstić information content (AvgIpc) is 3.10. The van der Waals surface area contributed by atoms with Gasteiger partial charge in [-0.15, -0.1) is 0 Å². The standard InChI is InChI=1S/C19H22N2O3S/c1-15-9-11-16(12-10-15)19(22)20-14-17-6-5-13-21(17)25(23,24)18-7-3-2-4-8-18/h2-4,7-12,17H,5-6,13-14H2,1H3,(H,20,22). The maximum absolute atomic E-state index is 12.8. The Morgan fingerprint density at radius 3 is 2.48 bits per heavy atom. The van der Waals surface area contributed by atoms with Crippen LogP contribution in [0.3, 0.4) is 0 Å². The molecule has 1 saturated heterocycles. The van der Waals surface area contributed by atoms with Crippen LogP contribution in [0.2, 0.25) is 0 Å². The number of nitrogens with zero attached hydrogens (tertiary/aromatic N) is 1. The Morgan fingerprint density at radius 2 is 1.80 bits per heavy atom. The smallest absolute Gasteiger partial charge is 0.251 e. The molecule has 2 aromatic carbocycles. The van der Waals surface area contributed by atoms with Crippen molar-refractivity contribution >= 4 is 15.9 Å². The predicted molar refractivity (Wildman–Crippen MR) is 96.9 cm³/mol. The molecule has 1 amide bonds. The summed E-state index contributed by atoms with van der Waals surface area (Å²) in [4.78, 5) is 12.6.